The number of carboxylic acid groups (broad SMARTS) is 2. The lowest BCUT2D eigenvalue weighted by Gasteiger charge is -2.15. The first-order valence-electron chi connectivity index (χ1n) is 5.42. The van der Waals surface area contributed by atoms with Gasteiger partial charge in [-0.15, -0.1) is 0 Å². The lowest BCUT2D eigenvalue weighted by molar-refractivity contribution is -0.144. The van der Waals surface area contributed by atoms with Crippen molar-refractivity contribution < 1.29 is 24.5 Å². The fourth-order valence-corrected chi connectivity index (χ4v) is 2.02. The van der Waals surface area contributed by atoms with E-state index in [1.165, 1.54) is 13.0 Å². The van der Waals surface area contributed by atoms with Crippen LogP contribution in [-0.2, 0) is 9.59 Å². The highest BCUT2D eigenvalue weighted by Crippen LogP contribution is 2.30. The van der Waals surface area contributed by atoms with Crippen LogP contribution in [0.1, 0.15) is 18.1 Å². The first-order chi connectivity index (χ1) is 8.81. The molecule has 0 saturated carbocycles. The smallest absolute Gasteiger partial charge is 0.344 e. The Labute approximate surface area is 118 Å². The Morgan fingerprint density at radius 3 is 2.53 bits per heavy atom. The van der Waals surface area contributed by atoms with E-state index in [1.807, 2.05) is 0 Å². The van der Waals surface area contributed by atoms with Crippen LogP contribution in [-0.4, -0.2) is 28.3 Å². The Bertz CT molecular complexity index is 536. The maximum atomic E-state index is 10.8. The summed E-state index contributed by atoms with van der Waals surface area (Å²) in [6.07, 6.45) is 1.32. The number of hydrogen-bond donors (Lipinski definition) is 2. The first-order valence-corrected chi connectivity index (χ1v) is 6.21. The van der Waals surface area contributed by atoms with Gasteiger partial charge in [-0.25, -0.2) is 9.59 Å². The molecule has 1 aromatic rings. The van der Waals surface area contributed by atoms with E-state index >= 15 is 0 Å². The highest BCUT2D eigenvalue weighted by Gasteiger charge is 2.16. The predicted molar refractivity (Wildman–Crippen MR) is 73.3 cm³/mol. The third-order valence-corrected chi connectivity index (χ3v) is 2.77. The molecule has 0 radical (unpaired) electrons. The molecule has 19 heavy (non-hydrogen) atoms. The monoisotopic (exact) mass is 328 g/mol. The van der Waals surface area contributed by atoms with Gasteiger partial charge in [-0.2, -0.15) is 0 Å². The lowest BCUT2D eigenvalue weighted by Crippen LogP contribution is -2.23. The van der Waals surface area contributed by atoms with E-state index in [-0.39, 0.29) is 0 Å². The fraction of sp³-hybridized carbons (Fsp3) is 0.231. The summed E-state index contributed by atoms with van der Waals surface area (Å²) in [5.74, 6) is -1.82. The van der Waals surface area contributed by atoms with Gasteiger partial charge in [0.15, 0.2) is 6.10 Å². The average Bonchev–Trinajstić information content (AvgIpc) is 2.29. The van der Waals surface area contributed by atoms with Gasteiger partial charge in [0.05, 0.1) is 0 Å². The molecule has 2 N–H and O–H groups in total. The van der Waals surface area contributed by atoms with Gasteiger partial charge in [0.2, 0.25) is 0 Å². The zero-order valence-electron chi connectivity index (χ0n) is 10.4. The molecule has 1 rings (SSSR count). The Hall–Kier alpha value is -1.82. The second-order valence-corrected chi connectivity index (χ2v) is 4.83. The molecule has 0 aliphatic heterocycles. The molecule has 1 unspecified atom stereocenters. The van der Waals surface area contributed by atoms with Crippen molar-refractivity contribution >= 4 is 33.9 Å². The van der Waals surface area contributed by atoms with Gasteiger partial charge >= 0.3 is 11.9 Å². The summed E-state index contributed by atoms with van der Waals surface area (Å²) in [5.41, 5.74) is 1.22. The SMILES string of the molecule is Cc1cc(Br)cc(/C=C/C(=O)O)c1OC(C)C(=O)O. The zero-order valence-corrected chi connectivity index (χ0v) is 12.0. The maximum Gasteiger partial charge on any atom is 0.344 e. The third kappa shape index (κ3) is 4.40. The second kappa shape index (κ2) is 6.38. The van der Waals surface area contributed by atoms with E-state index in [4.69, 9.17) is 14.9 Å². The molecule has 1 aromatic carbocycles. The number of benzene rings is 1. The number of ether oxygens (including phenoxy) is 1. The summed E-state index contributed by atoms with van der Waals surface area (Å²) in [5, 5.41) is 17.5. The van der Waals surface area contributed by atoms with E-state index in [0.717, 1.165) is 10.5 Å². The number of hydrogen-bond acceptors (Lipinski definition) is 3. The number of aryl methyl sites for hydroxylation is 1. The minimum atomic E-state index is -1.09. The minimum Gasteiger partial charge on any atom is -0.479 e. The zero-order chi connectivity index (χ0) is 14.6. The molecular formula is C13H13BrO5. The molecular weight excluding hydrogens is 316 g/mol. The largest absolute Gasteiger partial charge is 0.479 e. The fourth-order valence-electron chi connectivity index (χ4n) is 1.43. The molecule has 1 atom stereocenters. The van der Waals surface area contributed by atoms with Gasteiger partial charge < -0.3 is 14.9 Å². The van der Waals surface area contributed by atoms with Crippen LogP contribution in [0.3, 0.4) is 0 Å². The number of carbonyl (C=O) groups is 2. The summed E-state index contributed by atoms with van der Waals surface area (Å²) in [6, 6.07) is 3.43. The summed E-state index contributed by atoms with van der Waals surface area (Å²) in [7, 11) is 0. The highest BCUT2D eigenvalue weighted by atomic mass is 79.9. The topological polar surface area (TPSA) is 83.8 Å². The van der Waals surface area contributed by atoms with Crippen LogP contribution in [0.25, 0.3) is 6.08 Å². The molecule has 0 aliphatic carbocycles. The van der Waals surface area contributed by atoms with Gasteiger partial charge in [-0.3, -0.25) is 0 Å². The molecule has 0 spiro atoms. The van der Waals surface area contributed by atoms with Crippen LogP contribution < -0.4 is 4.74 Å². The number of carboxylic acids is 2. The van der Waals surface area contributed by atoms with E-state index in [2.05, 4.69) is 15.9 Å². The van der Waals surface area contributed by atoms with Crippen molar-refractivity contribution in [3.63, 3.8) is 0 Å². The van der Waals surface area contributed by atoms with Crippen molar-refractivity contribution in [3.8, 4) is 5.75 Å². The van der Waals surface area contributed by atoms with Crippen molar-refractivity contribution in [2.24, 2.45) is 0 Å². The van der Waals surface area contributed by atoms with Crippen molar-refractivity contribution in [1.29, 1.82) is 0 Å². The number of rotatable bonds is 5. The normalized spacial score (nSPS) is 12.4. The quantitative estimate of drug-likeness (QED) is 0.812. The van der Waals surface area contributed by atoms with Gasteiger partial charge in [0.25, 0.3) is 0 Å². The Kier molecular flexibility index (Phi) is 5.11. The first kappa shape index (κ1) is 15.2. The molecule has 0 heterocycles. The molecule has 0 saturated heterocycles. The minimum absolute atomic E-state index is 0.357. The van der Waals surface area contributed by atoms with Crippen LogP contribution in [0.4, 0.5) is 0 Å². The molecule has 102 valence electrons. The van der Waals surface area contributed by atoms with Gasteiger partial charge in [-0.05, 0) is 37.6 Å². The predicted octanol–water partition coefficient (Wildman–Crippen LogP) is 2.71. The van der Waals surface area contributed by atoms with Crippen LogP contribution in [0.5, 0.6) is 5.75 Å². The van der Waals surface area contributed by atoms with E-state index in [1.54, 1.807) is 19.1 Å². The van der Waals surface area contributed by atoms with Gasteiger partial charge in [0.1, 0.15) is 5.75 Å². The Balaban J connectivity index is 3.20. The van der Waals surface area contributed by atoms with Crippen LogP contribution in [0.2, 0.25) is 0 Å². The Morgan fingerprint density at radius 2 is 2.00 bits per heavy atom. The molecule has 0 aromatic heterocycles. The van der Waals surface area contributed by atoms with Gasteiger partial charge in [-0.1, -0.05) is 15.9 Å². The lowest BCUT2D eigenvalue weighted by atomic mass is 10.1. The standard InChI is InChI=1S/C13H13BrO5/c1-7-5-10(14)6-9(3-4-11(15)16)12(7)19-8(2)13(17)18/h3-6,8H,1-2H3,(H,15,16)(H,17,18)/b4-3+. The molecule has 0 amide bonds. The van der Waals surface area contributed by atoms with Crippen molar-refractivity contribution in [2.45, 2.75) is 20.0 Å². The van der Waals surface area contributed by atoms with Gasteiger partial charge in [0, 0.05) is 16.1 Å². The van der Waals surface area contributed by atoms with Crippen LogP contribution in [0, 0.1) is 6.92 Å². The molecule has 0 aliphatic rings. The summed E-state index contributed by atoms with van der Waals surface area (Å²) in [6.45, 7) is 3.17. The second-order valence-electron chi connectivity index (χ2n) is 3.91. The average molecular weight is 329 g/mol. The molecule has 0 fully saturated rings. The molecule has 6 heteroatoms. The van der Waals surface area contributed by atoms with Crippen molar-refractivity contribution in [1.82, 2.24) is 0 Å². The van der Waals surface area contributed by atoms with Crippen LogP contribution >= 0.6 is 15.9 Å². The summed E-state index contributed by atoms with van der Waals surface area (Å²) < 4.78 is 6.12. The van der Waals surface area contributed by atoms with E-state index in [9.17, 15) is 9.59 Å². The van der Waals surface area contributed by atoms with Crippen LogP contribution in [0.15, 0.2) is 22.7 Å². The Morgan fingerprint density at radius 1 is 1.37 bits per heavy atom. The van der Waals surface area contributed by atoms with E-state index < -0.39 is 18.0 Å². The van der Waals surface area contributed by atoms with Crippen molar-refractivity contribution in [3.05, 3.63) is 33.8 Å². The summed E-state index contributed by atoms with van der Waals surface area (Å²) >= 11 is 3.30. The third-order valence-electron chi connectivity index (χ3n) is 2.32. The highest BCUT2D eigenvalue weighted by molar-refractivity contribution is 9.10. The van der Waals surface area contributed by atoms with Crippen molar-refractivity contribution in [2.75, 3.05) is 0 Å². The summed E-state index contributed by atoms with van der Waals surface area (Å²) in [4.78, 5) is 21.4. The number of halogens is 1. The van der Waals surface area contributed by atoms with E-state index in [0.29, 0.717) is 16.9 Å². The number of aliphatic carboxylic acids is 2. The molecule has 0 bridgehead atoms. The maximum absolute atomic E-state index is 10.8. The molecule has 5 nitrogen and oxygen atoms in total.